The van der Waals surface area contributed by atoms with Gasteiger partial charge in [-0.2, -0.15) is 0 Å². The topological polar surface area (TPSA) is 0 Å². The van der Waals surface area contributed by atoms with Crippen molar-refractivity contribution in [2.45, 2.75) is 34.1 Å². The molecule has 0 aromatic heterocycles. The van der Waals surface area contributed by atoms with Crippen LogP contribution in [-0.2, 0) is 0 Å². The summed E-state index contributed by atoms with van der Waals surface area (Å²) in [5, 5.41) is 1.03. The lowest BCUT2D eigenvalue weighted by Crippen LogP contribution is -1.94. The summed E-state index contributed by atoms with van der Waals surface area (Å²) in [5.41, 5.74) is 6.98. The van der Waals surface area contributed by atoms with Crippen LogP contribution in [0.1, 0.15) is 34.2 Å². The fourth-order valence-corrected chi connectivity index (χ4v) is 2.03. The van der Waals surface area contributed by atoms with E-state index in [0.717, 1.165) is 11.8 Å². The molecule has 1 heteroatoms. The Balaban J connectivity index is 3.15. The molecule has 0 aliphatic carbocycles. The normalized spacial score (nSPS) is 11.3. The molecule has 82 valence electrons. The Bertz CT molecular complexity index is 349. The van der Waals surface area contributed by atoms with Crippen LogP contribution in [0.2, 0.25) is 0 Å². The van der Waals surface area contributed by atoms with E-state index in [0.29, 0.717) is 0 Å². The van der Waals surface area contributed by atoms with Crippen LogP contribution in [0.25, 0.3) is 6.08 Å². The van der Waals surface area contributed by atoms with Gasteiger partial charge in [0.05, 0.1) is 0 Å². The van der Waals surface area contributed by atoms with E-state index in [2.05, 4.69) is 61.8 Å². The number of aryl methyl sites for hydroxylation is 2. The molecule has 1 aromatic rings. The Morgan fingerprint density at radius 3 is 2.07 bits per heavy atom. The SMILES string of the molecule is Cc1cc(C)c(C)c(C=CCCBr)c1C. The fourth-order valence-electron chi connectivity index (χ4n) is 1.76. The van der Waals surface area contributed by atoms with Gasteiger partial charge in [-0.3, -0.25) is 0 Å². The number of halogens is 1. The van der Waals surface area contributed by atoms with Crippen LogP contribution in [0.4, 0.5) is 0 Å². The summed E-state index contributed by atoms with van der Waals surface area (Å²) in [4.78, 5) is 0. The van der Waals surface area contributed by atoms with Crippen LogP contribution < -0.4 is 0 Å². The van der Waals surface area contributed by atoms with E-state index >= 15 is 0 Å². The van der Waals surface area contributed by atoms with Gasteiger partial charge in [-0.1, -0.05) is 34.1 Å². The predicted octanol–water partition coefficient (Wildman–Crippen LogP) is 4.72. The molecule has 0 radical (unpaired) electrons. The molecule has 0 amide bonds. The van der Waals surface area contributed by atoms with Gasteiger partial charge in [0.1, 0.15) is 0 Å². The van der Waals surface area contributed by atoms with Crippen molar-refractivity contribution in [2.24, 2.45) is 0 Å². The molecule has 0 aliphatic rings. The van der Waals surface area contributed by atoms with E-state index in [1.807, 2.05) is 0 Å². The summed E-state index contributed by atoms with van der Waals surface area (Å²) >= 11 is 3.44. The highest BCUT2D eigenvalue weighted by atomic mass is 79.9. The molecule has 1 aromatic carbocycles. The highest BCUT2D eigenvalue weighted by molar-refractivity contribution is 9.09. The molecule has 15 heavy (non-hydrogen) atoms. The third-order valence-corrected chi connectivity index (χ3v) is 3.44. The van der Waals surface area contributed by atoms with Crippen molar-refractivity contribution in [3.05, 3.63) is 40.0 Å². The third kappa shape index (κ3) is 2.94. The molecule has 0 spiro atoms. The maximum atomic E-state index is 3.44. The van der Waals surface area contributed by atoms with Crippen molar-refractivity contribution in [3.63, 3.8) is 0 Å². The van der Waals surface area contributed by atoms with Crippen LogP contribution in [-0.4, -0.2) is 5.33 Å². The summed E-state index contributed by atoms with van der Waals surface area (Å²) < 4.78 is 0. The Morgan fingerprint density at radius 1 is 1.07 bits per heavy atom. The summed E-state index contributed by atoms with van der Waals surface area (Å²) in [5.74, 6) is 0. The average Bonchev–Trinajstić information content (AvgIpc) is 2.20. The monoisotopic (exact) mass is 266 g/mol. The molecule has 1 rings (SSSR count). The number of alkyl halides is 1. The molecular formula is C14H19Br. The number of rotatable bonds is 3. The van der Waals surface area contributed by atoms with E-state index in [4.69, 9.17) is 0 Å². The van der Waals surface area contributed by atoms with Crippen molar-refractivity contribution in [3.8, 4) is 0 Å². The first-order valence-electron chi connectivity index (χ1n) is 5.37. The standard InChI is InChI=1S/C14H19Br/c1-10-9-11(2)13(4)14(12(10)3)7-5-6-8-15/h5,7,9H,6,8H2,1-4H3. The molecule has 0 unspecified atom stereocenters. The van der Waals surface area contributed by atoms with Crippen molar-refractivity contribution in [1.29, 1.82) is 0 Å². The summed E-state index contributed by atoms with van der Waals surface area (Å²) in [7, 11) is 0. The zero-order chi connectivity index (χ0) is 11.4. The van der Waals surface area contributed by atoms with Crippen LogP contribution in [0.5, 0.6) is 0 Å². The molecule has 0 N–H and O–H groups in total. The zero-order valence-corrected chi connectivity index (χ0v) is 11.6. The molecule has 0 bridgehead atoms. The lowest BCUT2D eigenvalue weighted by molar-refractivity contribution is 1.22. The molecule has 0 aliphatic heterocycles. The van der Waals surface area contributed by atoms with Crippen molar-refractivity contribution in [1.82, 2.24) is 0 Å². The molecule has 0 saturated heterocycles. The van der Waals surface area contributed by atoms with Gasteiger partial charge in [-0.15, -0.1) is 0 Å². The third-order valence-electron chi connectivity index (χ3n) is 2.98. The molecule has 0 fully saturated rings. The second-order valence-corrected chi connectivity index (χ2v) is 4.85. The number of benzene rings is 1. The fraction of sp³-hybridized carbons (Fsp3) is 0.429. The second-order valence-electron chi connectivity index (χ2n) is 4.05. The Kier molecular flexibility index (Phi) is 4.59. The molecule has 0 nitrogen and oxygen atoms in total. The number of hydrogen-bond donors (Lipinski definition) is 0. The maximum Gasteiger partial charge on any atom is 0.00660 e. The minimum Gasteiger partial charge on any atom is -0.0925 e. The van der Waals surface area contributed by atoms with Crippen LogP contribution in [0.15, 0.2) is 12.1 Å². The second kappa shape index (κ2) is 5.50. The van der Waals surface area contributed by atoms with Gasteiger partial charge in [-0.25, -0.2) is 0 Å². The van der Waals surface area contributed by atoms with Crippen molar-refractivity contribution < 1.29 is 0 Å². The van der Waals surface area contributed by atoms with Crippen LogP contribution in [0.3, 0.4) is 0 Å². The number of allylic oxidation sites excluding steroid dienone is 1. The van der Waals surface area contributed by atoms with Gasteiger partial charge in [0.2, 0.25) is 0 Å². The zero-order valence-electron chi connectivity index (χ0n) is 10.0. The minimum absolute atomic E-state index is 1.03. The highest BCUT2D eigenvalue weighted by Gasteiger charge is 2.04. The van der Waals surface area contributed by atoms with E-state index in [1.54, 1.807) is 0 Å². The van der Waals surface area contributed by atoms with E-state index in [1.165, 1.54) is 27.8 Å². The first-order chi connectivity index (χ1) is 7.07. The summed E-state index contributed by atoms with van der Waals surface area (Å²) in [6, 6.07) is 2.27. The van der Waals surface area contributed by atoms with E-state index < -0.39 is 0 Å². The summed E-state index contributed by atoms with van der Waals surface area (Å²) in [6.07, 6.45) is 5.58. The Labute approximate surface area is 102 Å². The maximum absolute atomic E-state index is 3.44. The average molecular weight is 267 g/mol. The van der Waals surface area contributed by atoms with Crippen LogP contribution in [0, 0.1) is 27.7 Å². The highest BCUT2D eigenvalue weighted by Crippen LogP contribution is 2.22. The molecule has 0 atom stereocenters. The van der Waals surface area contributed by atoms with Gasteiger partial charge in [-0.05, 0) is 61.9 Å². The molecule has 0 heterocycles. The van der Waals surface area contributed by atoms with Crippen molar-refractivity contribution >= 4 is 22.0 Å². The van der Waals surface area contributed by atoms with Gasteiger partial charge in [0, 0.05) is 5.33 Å². The molecular weight excluding hydrogens is 248 g/mol. The lowest BCUT2D eigenvalue weighted by atomic mass is 9.94. The van der Waals surface area contributed by atoms with Gasteiger partial charge < -0.3 is 0 Å². The lowest BCUT2D eigenvalue weighted by Gasteiger charge is -2.12. The predicted molar refractivity (Wildman–Crippen MR) is 72.8 cm³/mol. The first-order valence-corrected chi connectivity index (χ1v) is 6.50. The largest absolute Gasteiger partial charge is 0.0925 e. The van der Waals surface area contributed by atoms with Crippen LogP contribution >= 0.6 is 15.9 Å². The number of hydrogen-bond acceptors (Lipinski definition) is 0. The summed E-state index contributed by atoms with van der Waals surface area (Å²) in [6.45, 7) is 8.78. The van der Waals surface area contributed by atoms with Crippen molar-refractivity contribution in [2.75, 3.05) is 5.33 Å². The Morgan fingerprint density at radius 2 is 1.60 bits per heavy atom. The smallest absolute Gasteiger partial charge is 0.00660 e. The van der Waals surface area contributed by atoms with Gasteiger partial charge >= 0.3 is 0 Å². The van der Waals surface area contributed by atoms with Gasteiger partial charge in [0.15, 0.2) is 0 Å². The minimum atomic E-state index is 1.03. The quantitative estimate of drug-likeness (QED) is 0.695. The Hall–Kier alpha value is -0.560. The van der Waals surface area contributed by atoms with E-state index in [9.17, 15) is 0 Å². The molecule has 0 saturated carbocycles. The first kappa shape index (κ1) is 12.5. The van der Waals surface area contributed by atoms with Gasteiger partial charge in [0.25, 0.3) is 0 Å². The van der Waals surface area contributed by atoms with E-state index in [-0.39, 0.29) is 0 Å².